The molecule has 0 amide bonds. The van der Waals surface area contributed by atoms with Crippen molar-refractivity contribution in [2.24, 2.45) is 5.41 Å². The van der Waals surface area contributed by atoms with Crippen LogP contribution in [0.5, 0.6) is 11.5 Å². The van der Waals surface area contributed by atoms with Gasteiger partial charge in [-0.25, -0.2) is 0 Å². The van der Waals surface area contributed by atoms with E-state index in [1.807, 2.05) is 13.0 Å². The first-order valence-electron chi connectivity index (χ1n) is 10.8. The van der Waals surface area contributed by atoms with Crippen molar-refractivity contribution in [1.29, 1.82) is 5.26 Å². The predicted octanol–water partition coefficient (Wildman–Crippen LogP) is 4.02. The van der Waals surface area contributed by atoms with E-state index in [0.29, 0.717) is 23.6 Å². The fraction of sp³-hybridized carbons (Fsp3) is 0.269. The number of nitriles is 1. The number of Topliss-reactive ketones (excluding diaryl/α,β-unsaturated/α-hetero) is 1. The Labute approximate surface area is 205 Å². The van der Waals surface area contributed by atoms with E-state index in [2.05, 4.69) is 4.74 Å². The van der Waals surface area contributed by atoms with Crippen molar-refractivity contribution in [3.8, 4) is 23.3 Å². The molecule has 1 aromatic heterocycles. The third-order valence-electron chi connectivity index (χ3n) is 4.87. The highest BCUT2D eigenvalue weighted by Crippen LogP contribution is 2.20. The summed E-state index contributed by atoms with van der Waals surface area (Å²) in [5, 5.41) is 9.87. The van der Waals surface area contributed by atoms with Crippen LogP contribution in [0.2, 0.25) is 0 Å². The minimum atomic E-state index is -2.94. The van der Waals surface area contributed by atoms with E-state index in [-0.39, 0.29) is 26.3 Å². The average Bonchev–Trinajstić information content (AvgIpc) is 3.11. The normalized spacial score (nSPS) is 12.9. The smallest absolute Gasteiger partial charge is 0.387 e. The van der Waals surface area contributed by atoms with Gasteiger partial charge in [0.05, 0.1) is 16.8 Å². The molecule has 0 aliphatic rings. The minimum absolute atomic E-state index is 0.00769. The molecule has 0 spiro atoms. The molecule has 0 fully saturated rings. The van der Waals surface area contributed by atoms with Gasteiger partial charge in [0.25, 0.3) is 5.56 Å². The van der Waals surface area contributed by atoms with Gasteiger partial charge in [-0.1, -0.05) is 32.9 Å². The molecular weight excluding hydrogens is 474 g/mol. The van der Waals surface area contributed by atoms with E-state index >= 15 is 0 Å². The van der Waals surface area contributed by atoms with Gasteiger partial charge in [-0.05, 0) is 55.0 Å². The Kier molecular flexibility index (Phi) is 7.87. The first kappa shape index (κ1) is 25.8. The maximum Gasteiger partial charge on any atom is 0.387 e. The molecule has 0 aliphatic heterocycles. The molecule has 2 aromatic carbocycles. The molecule has 35 heavy (non-hydrogen) atoms. The van der Waals surface area contributed by atoms with Gasteiger partial charge in [-0.3, -0.25) is 14.2 Å². The van der Waals surface area contributed by atoms with Gasteiger partial charge < -0.3 is 9.47 Å². The Balaban J connectivity index is 2.27. The molecule has 0 radical (unpaired) electrons. The van der Waals surface area contributed by atoms with Gasteiger partial charge in [-0.2, -0.15) is 14.0 Å². The monoisotopic (exact) mass is 498 g/mol. The van der Waals surface area contributed by atoms with Crippen molar-refractivity contribution in [2.45, 2.75) is 34.3 Å². The molecule has 9 heteroatoms. The van der Waals surface area contributed by atoms with E-state index in [9.17, 15) is 23.6 Å². The molecule has 0 saturated carbocycles. The van der Waals surface area contributed by atoms with Crippen molar-refractivity contribution < 1.29 is 23.0 Å². The van der Waals surface area contributed by atoms with Gasteiger partial charge in [0.2, 0.25) is 0 Å². The largest absolute Gasteiger partial charge is 0.494 e. The number of ether oxygens (including phenoxy) is 2. The molecule has 0 aliphatic carbocycles. The van der Waals surface area contributed by atoms with Crippen LogP contribution in [0.15, 0.2) is 53.3 Å². The number of thiazole rings is 1. The molecule has 0 bridgehead atoms. The number of carbonyl (C=O) groups excluding carboxylic acids is 1. The van der Waals surface area contributed by atoms with Crippen molar-refractivity contribution in [2.75, 3.05) is 6.61 Å². The lowest BCUT2D eigenvalue weighted by molar-refractivity contribution is -0.120. The summed E-state index contributed by atoms with van der Waals surface area (Å²) in [4.78, 5) is 26.5. The van der Waals surface area contributed by atoms with Crippen LogP contribution >= 0.6 is 11.3 Å². The highest BCUT2D eigenvalue weighted by atomic mass is 32.1. The number of benzene rings is 2. The Morgan fingerprint density at radius 3 is 2.23 bits per heavy atom. The summed E-state index contributed by atoms with van der Waals surface area (Å²) < 4.78 is 36.5. The summed E-state index contributed by atoms with van der Waals surface area (Å²) >= 11 is 1.01. The van der Waals surface area contributed by atoms with Gasteiger partial charge in [0.15, 0.2) is 5.78 Å². The lowest BCUT2D eigenvalue weighted by atomic mass is 9.87. The first-order chi connectivity index (χ1) is 16.5. The molecule has 6 nitrogen and oxygen atoms in total. The number of ketones is 1. The van der Waals surface area contributed by atoms with Crippen molar-refractivity contribution in [3.63, 3.8) is 0 Å². The highest BCUT2D eigenvalue weighted by molar-refractivity contribution is 7.07. The van der Waals surface area contributed by atoms with E-state index in [0.717, 1.165) is 11.3 Å². The number of hydrogen-bond acceptors (Lipinski definition) is 6. The maximum atomic E-state index is 13.5. The maximum absolute atomic E-state index is 13.5. The Morgan fingerprint density at radius 1 is 1.11 bits per heavy atom. The highest BCUT2D eigenvalue weighted by Gasteiger charge is 2.27. The van der Waals surface area contributed by atoms with Gasteiger partial charge in [-0.15, -0.1) is 11.3 Å². The molecule has 182 valence electrons. The first-order valence-corrected chi connectivity index (χ1v) is 11.6. The van der Waals surface area contributed by atoms with Crippen LogP contribution in [0.3, 0.4) is 0 Å². The SMILES string of the molecule is CCOc1ccc(-n2c(=O)/c(=C\c3ccc(OC(F)F)cc3)s/c2=C(/C#N)C(=O)C(C)(C)C)cc1. The fourth-order valence-corrected chi connectivity index (χ4v) is 4.31. The standard InChI is InChI=1S/C26H24F2N2O4S/c1-5-33-18-12-8-17(9-13-18)30-23(32)21(14-16-6-10-19(11-7-16)34-25(27)28)35-24(30)20(15-29)22(31)26(2,3)4/h6-14,25H,5H2,1-4H3/b21-14+,24-20-. The van der Waals surface area contributed by atoms with E-state index < -0.39 is 17.6 Å². The molecular formula is C26H24F2N2O4S. The lowest BCUT2D eigenvalue weighted by Gasteiger charge is -2.15. The van der Waals surface area contributed by atoms with Crippen LogP contribution in [0.1, 0.15) is 33.3 Å². The van der Waals surface area contributed by atoms with Crippen molar-refractivity contribution in [3.05, 3.63) is 73.6 Å². The van der Waals surface area contributed by atoms with E-state index in [1.54, 1.807) is 51.1 Å². The zero-order valence-electron chi connectivity index (χ0n) is 19.7. The summed E-state index contributed by atoms with van der Waals surface area (Å²) in [7, 11) is 0. The second kappa shape index (κ2) is 10.7. The molecule has 0 unspecified atom stereocenters. The minimum Gasteiger partial charge on any atom is -0.494 e. The van der Waals surface area contributed by atoms with Crippen LogP contribution in [0.4, 0.5) is 8.78 Å². The molecule has 1 heterocycles. The summed E-state index contributed by atoms with van der Waals surface area (Å²) in [5.74, 6) is 0.224. The number of alkyl halides is 2. The summed E-state index contributed by atoms with van der Waals surface area (Å²) in [5.41, 5.74) is -0.333. The van der Waals surface area contributed by atoms with Crippen LogP contribution in [-0.2, 0) is 4.79 Å². The number of aromatic nitrogens is 1. The zero-order valence-corrected chi connectivity index (χ0v) is 20.5. The molecule has 0 N–H and O–H groups in total. The Hall–Kier alpha value is -3.77. The Morgan fingerprint density at radius 2 is 1.71 bits per heavy atom. The van der Waals surface area contributed by atoms with Crippen molar-refractivity contribution >= 4 is 28.8 Å². The van der Waals surface area contributed by atoms with E-state index in [1.165, 1.54) is 28.8 Å². The third-order valence-corrected chi connectivity index (χ3v) is 5.96. The topological polar surface area (TPSA) is 81.3 Å². The van der Waals surface area contributed by atoms with Gasteiger partial charge in [0.1, 0.15) is 27.8 Å². The second-order valence-electron chi connectivity index (χ2n) is 8.50. The number of carbonyl (C=O) groups is 1. The quantitative estimate of drug-likeness (QED) is 0.492. The van der Waals surface area contributed by atoms with Gasteiger partial charge >= 0.3 is 6.61 Å². The lowest BCUT2D eigenvalue weighted by Crippen LogP contribution is -2.33. The zero-order chi connectivity index (χ0) is 25.8. The van der Waals surface area contributed by atoms with Crippen LogP contribution in [0, 0.1) is 16.7 Å². The second-order valence-corrected chi connectivity index (χ2v) is 9.53. The summed E-state index contributed by atoms with van der Waals surface area (Å²) in [6, 6.07) is 14.6. The summed E-state index contributed by atoms with van der Waals surface area (Å²) in [6.07, 6.45) is 1.57. The number of hydrogen-bond donors (Lipinski definition) is 0. The number of rotatable bonds is 7. The van der Waals surface area contributed by atoms with Crippen LogP contribution in [0.25, 0.3) is 17.3 Å². The fourth-order valence-electron chi connectivity index (χ4n) is 3.21. The third kappa shape index (κ3) is 6.03. The van der Waals surface area contributed by atoms with Crippen LogP contribution < -0.4 is 24.2 Å². The molecule has 0 atom stereocenters. The number of halogens is 2. The molecule has 3 rings (SSSR count). The number of nitrogens with zero attached hydrogens (tertiary/aromatic N) is 2. The predicted molar refractivity (Wildman–Crippen MR) is 130 cm³/mol. The average molecular weight is 499 g/mol. The molecule has 3 aromatic rings. The van der Waals surface area contributed by atoms with Gasteiger partial charge in [0, 0.05) is 5.41 Å². The van der Waals surface area contributed by atoms with E-state index in [4.69, 9.17) is 4.74 Å². The summed E-state index contributed by atoms with van der Waals surface area (Å²) in [6.45, 7) is 4.51. The molecule has 0 saturated heterocycles. The van der Waals surface area contributed by atoms with Crippen LogP contribution in [-0.4, -0.2) is 23.6 Å². The van der Waals surface area contributed by atoms with Crippen molar-refractivity contribution in [1.82, 2.24) is 4.57 Å². The Bertz CT molecular complexity index is 1430.